The van der Waals surface area contributed by atoms with Crippen LogP contribution in [-0.4, -0.2) is 9.97 Å². The average molecular weight is 269 g/mol. The molecular weight excluding hydrogens is 246 g/mol. The molecule has 0 radical (unpaired) electrons. The zero-order valence-corrected chi connectivity index (χ0v) is 13.2. The van der Waals surface area contributed by atoms with Crippen LogP contribution in [0.3, 0.4) is 0 Å². The Morgan fingerprint density at radius 2 is 1.55 bits per heavy atom. The Morgan fingerprint density at radius 1 is 0.900 bits per heavy atom. The van der Waals surface area contributed by atoms with Gasteiger partial charge in [0, 0.05) is 11.3 Å². The van der Waals surface area contributed by atoms with E-state index in [2.05, 4.69) is 16.0 Å². The first kappa shape index (κ1) is 17.8. The molecule has 1 aromatic heterocycles. The Kier molecular flexibility index (Phi) is 8.61. The van der Waals surface area contributed by atoms with Crippen molar-refractivity contribution >= 4 is 0 Å². The van der Waals surface area contributed by atoms with Gasteiger partial charge in [0.2, 0.25) is 0 Å². The van der Waals surface area contributed by atoms with Crippen molar-refractivity contribution in [1.29, 1.82) is 5.26 Å². The van der Waals surface area contributed by atoms with Gasteiger partial charge in [0.05, 0.1) is 17.3 Å². The van der Waals surface area contributed by atoms with Crippen LogP contribution >= 0.6 is 0 Å². The molecule has 3 nitrogen and oxygen atoms in total. The molecule has 1 aromatic carbocycles. The molecule has 2 rings (SSSR count). The summed E-state index contributed by atoms with van der Waals surface area (Å²) in [6.07, 6.45) is 1.54. The maximum atomic E-state index is 8.91. The Balaban J connectivity index is 0.000000829. The third-order valence-corrected chi connectivity index (χ3v) is 2.31. The number of hydrogen-bond acceptors (Lipinski definition) is 3. The Hall–Kier alpha value is -2.21. The highest BCUT2D eigenvalue weighted by Gasteiger charge is 2.02. The van der Waals surface area contributed by atoms with E-state index in [9.17, 15) is 0 Å². The number of hydrogen-bond donors (Lipinski definition) is 0. The number of aryl methyl sites for hydroxylation is 2. The van der Waals surface area contributed by atoms with Gasteiger partial charge in [-0.2, -0.15) is 5.26 Å². The molecule has 0 spiro atoms. The molecule has 0 N–H and O–H groups in total. The van der Waals surface area contributed by atoms with E-state index >= 15 is 0 Å². The predicted octanol–water partition coefficient (Wildman–Crippen LogP) is 4.68. The summed E-state index contributed by atoms with van der Waals surface area (Å²) in [6.45, 7) is 11.9. The van der Waals surface area contributed by atoms with Gasteiger partial charge >= 0.3 is 0 Å². The molecule has 0 atom stereocenters. The zero-order valence-electron chi connectivity index (χ0n) is 13.2. The van der Waals surface area contributed by atoms with Gasteiger partial charge in [0.15, 0.2) is 0 Å². The third kappa shape index (κ3) is 5.19. The van der Waals surface area contributed by atoms with Gasteiger partial charge in [-0.05, 0) is 43.7 Å². The molecule has 0 amide bonds. The lowest BCUT2D eigenvalue weighted by atomic mass is 10.0. The summed E-state index contributed by atoms with van der Waals surface area (Å²) in [5, 5.41) is 8.91. The van der Waals surface area contributed by atoms with Crippen LogP contribution in [0.25, 0.3) is 11.3 Å². The molecule has 2 aromatic rings. The summed E-state index contributed by atoms with van der Waals surface area (Å²) in [7, 11) is 0. The van der Waals surface area contributed by atoms with Crippen LogP contribution in [0.5, 0.6) is 0 Å². The van der Waals surface area contributed by atoms with Crippen molar-refractivity contribution < 1.29 is 0 Å². The van der Waals surface area contributed by atoms with Crippen LogP contribution in [0.2, 0.25) is 0 Å². The number of nitrogens with zero attached hydrogens (tertiary/aromatic N) is 3. The highest BCUT2D eigenvalue weighted by molar-refractivity contribution is 5.62. The fraction of sp³-hybridized carbons (Fsp3) is 0.353. The minimum absolute atomic E-state index is 0.659. The van der Waals surface area contributed by atoms with Crippen LogP contribution in [-0.2, 0) is 0 Å². The molecule has 0 aliphatic rings. The quantitative estimate of drug-likeness (QED) is 0.755. The van der Waals surface area contributed by atoms with E-state index < -0.39 is 0 Å². The number of rotatable bonds is 1. The maximum absolute atomic E-state index is 8.91. The topological polar surface area (TPSA) is 49.6 Å². The second-order valence-electron chi connectivity index (χ2n) is 3.74. The van der Waals surface area contributed by atoms with Gasteiger partial charge in [-0.25, -0.2) is 9.97 Å². The molecule has 20 heavy (non-hydrogen) atoms. The third-order valence-electron chi connectivity index (χ3n) is 2.31. The highest BCUT2D eigenvalue weighted by Crippen LogP contribution is 2.20. The lowest BCUT2D eigenvalue weighted by Crippen LogP contribution is -1.89. The summed E-state index contributed by atoms with van der Waals surface area (Å²) in [5.74, 6) is 0. The molecule has 0 unspecified atom stereocenters. The SMILES string of the molecule is CC.CC.Cc1cc(C#N)cc(-c2cc(C)ncn2)c1. The lowest BCUT2D eigenvalue weighted by Gasteiger charge is -2.03. The summed E-state index contributed by atoms with van der Waals surface area (Å²) in [6, 6.07) is 9.78. The average Bonchev–Trinajstić information content (AvgIpc) is 2.50. The summed E-state index contributed by atoms with van der Waals surface area (Å²) in [5.41, 5.74) is 4.45. The standard InChI is InChI=1S/C13H11N3.2C2H6/c1-9-3-11(7-14)6-12(4-9)13-5-10(2)15-8-16-13;2*1-2/h3-6,8H,1-2H3;2*1-2H3. The minimum atomic E-state index is 0.659. The van der Waals surface area contributed by atoms with Gasteiger partial charge < -0.3 is 0 Å². The number of aromatic nitrogens is 2. The predicted molar refractivity (Wildman–Crippen MR) is 84.4 cm³/mol. The Labute approximate surface area is 122 Å². The highest BCUT2D eigenvalue weighted by atomic mass is 14.8. The van der Waals surface area contributed by atoms with E-state index in [1.165, 1.54) is 0 Å². The summed E-state index contributed by atoms with van der Waals surface area (Å²) < 4.78 is 0. The minimum Gasteiger partial charge on any atom is -0.242 e. The molecule has 0 bridgehead atoms. The van der Waals surface area contributed by atoms with Gasteiger partial charge in [-0.15, -0.1) is 0 Å². The number of nitriles is 1. The van der Waals surface area contributed by atoms with Crippen molar-refractivity contribution in [2.45, 2.75) is 41.5 Å². The van der Waals surface area contributed by atoms with Crippen LogP contribution in [0.15, 0.2) is 30.6 Å². The Morgan fingerprint density at radius 3 is 2.10 bits per heavy atom. The monoisotopic (exact) mass is 269 g/mol. The van der Waals surface area contributed by atoms with Gasteiger partial charge in [-0.1, -0.05) is 27.7 Å². The molecule has 0 aliphatic heterocycles. The molecule has 0 saturated heterocycles. The van der Waals surface area contributed by atoms with E-state index in [0.29, 0.717) is 5.56 Å². The van der Waals surface area contributed by atoms with Crippen molar-refractivity contribution in [1.82, 2.24) is 9.97 Å². The van der Waals surface area contributed by atoms with Gasteiger partial charge in [0.1, 0.15) is 6.33 Å². The molecule has 0 aliphatic carbocycles. The second-order valence-corrected chi connectivity index (χ2v) is 3.74. The van der Waals surface area contributed by atoms with E-state index in [1.807, 2.05) is 65.8 Å². The zero-order chi connectivity index (χ0) is 15.5. The molecule has 0 saturated carbocycles. The van der Waals surface area contributed by atoms with E-state index in [0.717, 1.165) is 22.5 Å². The summed E-state index contributed by atoms with van der Waals surface area (Å²) in [4.78, 5) is 8.26. The molecular formula is C17H23N3. The first-order valence-corrected chi connectivity index (χ1v) is 7.00. The van der Waals surface area contributed by atoms with Gasteiger partial charge in [-0.3, -0.25) is 0 Å². The summed E-state index contributed by atoms with van der Waals surface area (Å²) >= 11 is 0. The van der Waals surface area contributed by atoms with E-state index in [1.54, 1.807) is 6.33 Å². The molecule has 1 heterocycles. The normalized spacial score (nSPS) is 8.45. The first-order valence-electron chi connectivity index (χ1n) is 7.00. The van der Waals surface area contributed by atoms with E-state index in [-0.39, 0.29) is 0 Å². The lowest BCUT2D eigenvalue weighted by molar-refractivity contribution is 1.10. The van der Waals surface area contributed by atoms with Crippen molar-refractivity contribution in [3.05, 3.63) is 47.4 Å². The van der Waals surface area contributed by atoms with Crippen molar-refractivity contribution in [3.63, 3.8) is 0 Å². The fourth-order valence-corrected chi connectivity index (χ4v) is 1.61. The van der Waals surface area contributed by atoms with Crippen LogP contribution in [0.1, 0.15) is 44.5 Å². The Bertz CT molecular complexity index is 569. The van der Waals surface area contributed by atoms with Gasteiger partial charge in [0.25, 0.3) is 0 Å². The largest absolute Gasteiger partial charge is 0.242 e. The smallest absolute Gasteiger partial charge is 0.116 e. The maximum Gasteiger partial charge on any atom is 0.116 e. The van der Waals surface area contributed by atoms with Crippen molar-refractivity contribution in [2.24, 2.45) is 0 Å². The van der Waals surface area contributed by atoms with Crippen LogP contribution < -0.4 is 0 Å². The first-order chi connectivity index (χ1) is 9.69. The van der Waals surface area contributed by atoms with E-state index in [4.69, 9.17) is 5.26 Å². The second kappa shape index (κ2) is 9.69. The van der Waals surface area contributed by atoms with Crippen LogP contribution in [0.4, 0.5) is 0 Å². The van der Waals surface area contributed by atoms with Crippen molar-refractivity contribution in [2.75, 3.05) is 0 Å². The fourth-order valence-electron chi connectivity index (χ4n) is 1.61. The number of benzene rings is 1. The van der Waals surface area contributed by atoms with Crippen molar-refractivity contribution in [3.8, 4) is 17.3 Å². The molecule has 106 valence electrons. The molecule has 3 heteroatoms. The molecule has 0 fully saturated rings. The van der Waals surface area contributed by atoms with Crippen LogP contribution in [0, 0.1) is 25.2 Å².